The SMILES string of the molecule is CCOc1ccc(OCCCC(C)(CO)NC2CC2)cc1. The average Bonchev–Trinajstić information content (AvgIpc) is 3.29. The van der Waals surface area contributed by atoms with Crippen LogP contribution in [0.4, 0.5) is 0 Å². The van der Waals surface area contributed by atoms with Gasteiger partial charge in [0.1, 0.15) is 11.5 Å². The molecular weight excluding hydrogens is 266 g/mol. The van der Waals surface area contributed by atoms with E-state index in [1.165, 1.54) is 12.8 Å². The third-order valence-corrected chi connectivity index (χ3v) is 3.76. The van der Waals surface area contributed by atoms with Crippen molar-refractivity contribution in [3.05, 3.63) is 24.3 Å². The second kappa shape index (κ2) is 7.66. The van der Waals surface area contributed by atoms with E-state index in [9.17, 15) is 5.11 Å². The van der Waals surface area contributed by atoms with Gasteiger partial charge < -0.3 is 19.9 Å². The van der Waals surface area contributed by atoms with Gasteiger partial charge in [0.2, 0.25) is 0 Å². The molecule has 0 spiro atoms. The molecule has 1 atom stereocenters. The number of rotatable bonds is 10. The van der Waals surface area contributed by atoms with E-state index in [2.05, 4.69) is 12.2 Å². The molecule has 4 heteroatoms. The van der Waals surface area contributed by atoms with E-state index in [0.29, 0.717) is 19.3 Å². The molecule has 118 valence electrons. The minimum absolute atomic E-state index is 0.173. The monoisotopic (exact) mass is 293 g/mol. The van der Waals surface area contributed by atoms with Crippen molar-refractivity contribution < 1.29 is 14.6 Å². The number of ether oxygens (including phenoxy) is 2. The first-order valence-electron chi connectivity index (χ1n) is 7.89. The number of nitrogens with one attached hydrogen (secondary N) is 1. The summed E-state index contributed by atoms with van der Waals surface area (Å²) >= 11 is 0. The molecule has 1 aliphatic rings. The highest BCUT2D eigenvalue weighted by Gasteiger charge is 2.31. The molecule has 0 aliphatic heterocycles. The van der Waals surface area contributed by atoms with E-state index in [4.69, 9.17) is 9.47 Å². The highest BCUT2D eigenvalue weighted by atomic mass is 16.5. The Labute approximate surface area is 127 Å². The van der Waals surface area contributed by atoms with Gasteiger partial charge in [-0.2, -0.15) is 0 Å². The molecule has 1 aliphatic carbocycles. The van der Waals surface area contributed by atoms with Crippen LogP contribution in [0.25, 0.3) is 0 Å². The van der Waals surface area contributed by atoms with Gasteiger partial charge in [-0.3, -0.25) is 0 Å². The second-order valence-corrected chi connectivity index (χ2v) is 5.99. The van der Waals surface area contributed by atoms with Crippen molar-refractivity contribution in [2.75, 3.05) is 19.8 Å². The predicted octanol–water partition coefficient (Wildman–Crippen LogP) is 2.75. The lowest BCUT2D eigenvalue weighted by Crippen LogP contribution is -2.47. The number of aliphatic hydroxyl groups excluding tert-OH is 1. The number of aliphatic hydroxyl groups is 1. The fourth-order valence-corrected chi connectivity index (χ4v) is 2.37. The fourth-order valence-electron chi connectivity index (χ4n) is 2.37. The second-order valence-electron chi connectivity index (χ2n) is 5.99. The predicted molar refractivity (Wildman–Crippen MR) is 84.0 cm³/mol. The summed E-state index contributed by atoms with van der Waals surface area (Å²) in [6.45, 7) is 5.57. The average molecular weight is 293 g/mol. The number of hydrogen-bond donors (Lipinski definition) is 2. The van der Waals surface area contributed by atoms with Crippen molar-refractivity contribution in [3.63, 3.8) is 0 Å². The van der Waals surface area contributed by atoms with Gasteiger partial charge in [0.05, 0.1) is 19.8 Å². The maximum absolute atomic E-state index is 9.54. The topological polar surface area (TPSA) is 50.7 Å². The summed E-state index contributed by atoms with van der Waals surface area (Å²) in [6.07, 6.45) is 4.30. The van der Waals surface area contributed by atoms with Gasteiger partial charge in [-0.05, 0) is 63.8 Å². The van der Waals surface area contributed by atoms with Crippen molar-refractivity contribution in [1.82, 2.24) is 5.32 Å². The quantitative estimate of drug-likeness (QED) is 0.651. The van der Waals surface area contributed by atoms with Gasteiger partial charge in [-0.15, -0.1) is 0 Å². The number of benzene rings is 1. The van der Waals surface area contributed by atoms with E-state index in [-0.39, 0.29) is 12.1 Å². The zero-order valence-corrected chi connectivity index (χ0v) is 13.1. The molecule has 0 radical (unpaired) electrons. The number of hydrogen-bond acceptors (Lipinski definition) is 4. The molecule has 1 unspecified atom stereocenters. The lowest BCUT2D eigenvalue weighted by atomic mass is 9.97. The molecule has 0 amide bonds. The van der Waals surface area contributed by atoms with Gasteiger partial charge in [-0.25, -0.2) is 0 Å². The molecule has 0 saturated heterocycles. The van der Waals surface area contributed by atoms with Crippen molar-refractivity contribution in [1.29, 1.82) is 0 Å². The molecule has 21 heavy (non-hydrogen) atoms. The zero-order chi connectivity index (χ0) is 15.1. The van der Waals surface area contributed by atoms with E-state index in [1.54, 1.807) is 0 Å². The van der Waals surface area contributed by atoms with Crippen LogP contribution < -0.4 is 14.8 Å². The molecule has 2 rings (SSSR count). The Hall–Kier alpha value is -1.26. The van der Waals surface area contributed by atoms with Crippen molar-refractivity contribution in [2.24, 2.45) is 0 Å². The van der Waals surface area contributed by atoms with Crippen LogP contribution in [-0.2, 0) is 0 Å². The van der Waals surface area contributed by atoms with Crippen molar-refractivity contribution >= 4 is 0 Å². The van der Waals surface area contributed by atoms with Crippen LogP contribution in [0.5, 0.6) is 11.5 Å². The minimum Gasteiger partial charge on any atom is -0.494 e. The Morgan fingerprint density at radius 3 is 2.33 bits per heavy atom. The normalized spacial score (nSPS) is 17.3. The minimum atomic E-state index is -0.177. The highest BCUT2D eigenvalue weighted by molar-refractivity contribution is 5.31. The Kier molecular flexibility index (Phi) is 5.88. The molecular formula is C17H27NO3. The van der Waals surface area contributed by atoms with Crippen LogP contribution >= 0.6 is 0 Å². The summed E-state index contributed by atoms with van der Waals surface area (Å²) < 4.78 is 11.1. The molecule has 0 aromatic heterocycles. The zero-order valence-electron chi connectivity index (χ0n) is 13.1. The van der Waals surface area contributed by atoms with Crippen LogP contribution in [0.1, 0.15) is 39.5 Å². The van der Waals surface area contributed by atoms with Crippen LogP contribution in [0, 0.1) is 0 Å². The summed E-state index contributed by atoms with van der Waals surface area (Å²) in [7, 11) is 0. The van der Waals surface area contributed by atoms with Gasteiger partial charge in [-0.1, -0.05) is 0 Å². The first kappa shape index (κ1) is 16.1. The van der Waals surface area contributed by atoms with Crippen molar-refractivity contribution in [2.45, 2.75) is 51.1 Å². The third-order valence-electron chi connectivity index (χ3n) is 3.76. The molecule has 1 saturated carbocycles. The standard InChI is InChI=1S/C17H27NO3/c1-3-20-15-7-9-16(10-8-15)21-12-4-11-17(2,13-19)18-14-5-6-14/h7-10,14,18-19H,3-6,11-13H2,1-2H3. The Bertz CT molecular complexity index is 417. The van der Waals surface area contributed by atoms with E-state index in [1.807, 2.05) is 31.2 Å². The molecule has 1 aromatic rings. The molecule has 0 heterocycles. The summed E-state index contributed by atoms with van der Waals surface area (Å²) in [5.74, 6) is 1.73. The van der Waals surface area contributed by atoms with E-state index in [0.717, 1.165) is 24.3 Å². The summed E-state index contributed by atoms with van der Waals surface area (Å²) in [5, 5.41) is 13.1. The van der Waals surface area contributed by atoms with Gasteiger partial charge in [0.15, 0.2) is 0 Å². The first-order valence-corrected chi connectivity index (χ1v) is 7.89. The summed E-state index contributed by atoms with van der Waals surface area (Å²) in [5.41, 5.74) is -0.177. The fraction of sp³-hybridized carbons (Fsp3) is 0.647. The largest absolute Gasteiger partial charge is 0.494 e. The lowest BCUT2D eigenvalue weighted by molar-refractivity contribution is 0.154. The first-order chi connectivity index (χ1) is 10.1. The maximum Gasteiger partial charge on any atom is 0.119 e. The van der Waals surface area contributed by atoms with Crippen LogP contribution in [0.15, 0.2) is 24.3 Å². The maximum atomic E-state index is 9.54. The lowest BCUT2D eigenvalue weighted by Gasteiger charge is -2.29. The van der Waals surface area contributed by atoms with Crippen LogP contribution in [0.2, 0.25) is 0 Å². The van der Waals surface area contributed by atoms with Crippen LogP contribution in [0.3, 0.4) is 0 Å². The Balaban J connectivity index is 1.68. The van der Waals surface area contributed by atoms with E-state index >= 15 is 0 Å². The smallest absolute Gasteiger partial charge is 0.119 e. The highest BCUT2D eigenvalue weighted by Crippen LogP contribution is 2.24. The molecule has 2 N–H and O–H groups in total. The van der Waals surface area contributed by atoms with Gasteiger partial charge in [0, 0.05) is 11.6 Å². The Morgan fingerprint density at radius 1 is 1.19 bits per heavy atom. The van der Waals surface area contributed by atoms with E-state index < -0.39 is 0 Å². The molecule has 1 fully saturated rings. The van der Waals surface area contributed by atoms with Gasteiger partial charge >= 0.3 is 0 Å². The molecule has 1 aromatic carbocycles. The molecule has 0 bridgehead atoms. The third kappa shape index (κ3) is 5.56. The Morgan fingerprint density at radius 2 is 1.81 bits per heavy atom. The van der Waals surface area contributed by atoms with Gasteiger partial charge in [0.25, 0.3) is 0 Å². The van der Waals surface area contributed by atoms with Crippen LogP contribution in [-0.4, -0.2) is 36.5 Å². The molecule has 4 nitrogen and oxygen atoms in total. The van der Waals surface area contributed by atoms with Crippen molar-refractivity contribution in [3.8, 4) is 11.5 Å². The summed E-state index contributed by atoms with van der Waals surface area (Å²) in [6, 6.07) is 8.31. The summed E-state index contributed by atoms with van der Waals surface area (Å²) in [4.78, 5) is 0.